The molecule has 4 heterocycles. The Morgan fingerprint density at radius 1 is 1.00 bits per heavy atom. The van der Waals surface area contributed by atoms with Crippen molar-refractivity contribution in [1.82, 2.24) is 20.0 Å². The predicted molar refractivity (Wildman–Crippen MR) is 165 cm³/mol. The van der Waals surface area contributed by atoms with Gasteiger partial charge in [0.15, 0.2) is 6.10 Å². The number of hydrogen-bond acceptors (Lipinski definition) is 9. The van der Waals surface area contributed by atoms with Gasteiger partial charge in [-0.15, -0.1) is 23.1 Å². The van der Waals surface area contributed by atoms with E-state index in [-0.39, 0.29) is 29.5 Å². The number of thioether (sulfide) groups is 1. The number of nitrogens with zero attached hydrogens (tertiary/aromatic N) is 3. The number of aromatic nitrogens is 2. The van der Waals surface area contributed by atoms with Crippen molar-refractivity contribution in [2.45, 2.75) is 23.9 Å². The number of benzene rings is 2. The summed E-state index contributed by atoms with van der Waals surface area (Å²) in [5.41, 5.74) is 2.54. The summed E-state index contributed by atoms with van der Waals surface area (Å²) in [4.78, 5) is 55.2. The van der Waals surface area contributed by atoms with Crippen molar-refractivity contribution in [3.8, 4) is 0 Å². The van der Waals surface area contributed by atoms with Gasteiger partial charge in [0.2, 0.25) is 5.91 Å². The van der Waals surface area contributed by atoms with Crippen molar-refractivity contribution in [2.24, 2.45) is 7.05 Å². The number of hydrogen-bond donors (Lipinski definition) is 1. The molecule has 0 radical (unpaired) electrons. The van der Waals surface area contributed by atoms with Gasteiger partial charge < -0.3 is 14.8 Å². The molecule has 2 aromatic carbocycles. The Morgan fingerprint density at radius 3 is 2.30 bits per heavy atom. The van der Waals surface area contributed by atoms with Crippen LogP contribution < -0.4 is 5.32 Å². The van der Waals surface area contributed by atoms with Crippen LogP contribution in [0.5, 0.6) is 0 Å². The number of ether oxygens (including phenoxy) is 2. The number of thiophene rings is 1. The molecule has 4 aromatic rings. The number of aryl methyl sites for hydroxylation is 1. The Kier molecular flexibility index (Phi) is 8.36. The first-order valence-electron chi connectivity index (χ1n) is 13.8. The molecular formula is C32H28N4O6S2. The highest BCUT2D eigenvalue weighted by Gasteiger charge is 2.55. The second-order valence-electron chi connectivity index (χ2n) is 10.2. The molecule has 0 aliphatic carbocycles. The topological polar surface area (TPSA) is 120 Å². The van der Waals surface area contributed by atoms with Gasteiger partial charge in [-0.1, -0.05) is 66.7 Å². The van der Waals surface area contributed by atoms with Gasteiger partial charge in [-0.2, -0.15) is 5.10 Å². The third-order valence-electron chi connectivity index (χ3n) is 7.41. The van der Waals surface area contributed by atoms with E-state index < -0.39 is 35.4 Å². The maximum absolute atomic E-state index is 14.2. The SMILES string of the molecule is COC(=O)c1cc(C2=C(C(=O)OC(c3ccccc3)c3ccccc3)N3C(=O)[C@@H](NC(=O)Cc4cccs4)[C@H]3SC2)nn1C. The summed E-state index contributed by atoms with van der Waals surface area (Å²) in [7, 11) is 2.87. The average Bonchev–Trinajstić information content (AvgIpc) is 3.71. The summed E-state index contributed by atoms with van der Waals surface area (Å²) in [6, 6.07) is 23.2. The molecule has 6 rings (SSSR count). The van der Waals surface area contributed by atoms with E-state index in [2.05, 4.69) is 10.4 Å². The number of amides is 2. The standard InChI is InChI=1S/C32H28N4O6S2/c1-35-24(31(39)41-2)17-23(34-35)22-18-44-30-26(33-25(37)16-21-14-9-15-43-21)29(38)36(30)27(22)32(40)42-28(19-10-5-3-6-11-19)20-12-7-4-8-13-20/h3-15,17,26,28,30H,16,18H2,1-2H3,(H,33,37)/t26-,30-/m1/s1. The molecule has 12 heteroatoms. The number of esters is 2. The van der Waals surface area contributed by atoms with Gasteiger partial charge in [0.1, 0.15) is 22.8 Å². The lowest BCUT2D eigenvalue weighted by atomic mass is 9.99. The molecule has 44 heavy (non-hydrogen) atoms. The number of nitrogens with one attached hydrogen (secondary N) is 1. The van der Waals surface area contributed by atoms with Crippen LogP contribution in [0.2, 0.25) is 0 Å². The van der Waals surface area contributed by atoms with Crippen LogP contribution in [0.15, 0.2) is 89.9 Å². The smallest absolute Gasteiger partial charge is 0.356 e. The highest BCUT2D eigenvalue weighted by atomic mass is 32.2. The molecule has 224 valence electrons. The van der Waals surface area contributed by atoms with E-state index in [1.165, 1.54) is 45.9 Å². The Bertz CT molecular complexity index is 1700. The minimum absolute atomic E-state index is 0.0360. The second kappa shape index (κ2) is 12.5. The lowest BCUT2D eigenvalue weighted by molar-refractivity contribution is -0.154. The maximum Gasteiger partial charge on any atom is 0.356 e. The Labute approximate surface area is 261 Å². The van der Waals surface area contributed by atoms with Crippen molar-refractivity contribution in [3.05, 3.63) is 117 Å². The molecule has 2 amide bonds. The average molecular weight is 629 g/mol. The van der Waals surface area contributed by atoms with Gasteiger partial charge in [-0.05, 0) is 28.6 Å². The minimum atomic E-state index is -0.801. The molecule has 1 N–H and O–H groups in total. The van der Waals surface area contributed by atoms with Crippen molar-refractivity contribution in [2.75, 3.05) is 12.9 Å². The third kappa shape index (κ3) is 5.65. The monoisotopic (exact) mass is 628 g/mol. The number of carbonyl (C=O) groups excluding carboxylic acids is 4. The number of carbonyl (C=O) groups is 4. The first kappa shape index (κ1) is 29.4. The highest BCUT2D eigenvalue weighted by molar-refractivity contribution is 8.00. The van der Waals surface area contributed by atoms with Gasteiger partial charge >= 0.3 is 11.9 Å². The van der Waals surface area contributed by atoms with E-state index in [0.717, 1.165) is 16.0 Å². The summed E-state index contributed by atoms with van der Waals surface area (Å²) in [6.07, 6.45) is -0.590. The van der Waals surface area contributed by atoms with E-state index in [1.807, 2.05) is 78.2 Å². The van der Waals surface area contributed by atoms with Gasteiger partial charge in [0.25, 0.3) is 5.91 Å². The van der Waals surface area contributed by atoms with Gasteiger partial charge in [0.05, 0.1) is 19.2 Å². The molecule has 2 aliphatic heterocycles. The first-order valence-corrected chi connectivity index (χ1v) is 15.7. The van der Waals surface area contributed by atoms with Gasteiger partial charge in [0, 0.05) is 23.3 Å². The number of rotatable bonds is 9. The van der Waals surface area contributed by atoms with Crippen molar-refractivity contribution in [1.29, 1.82) is 0 Å². The molecule has 2 aliphatic rings. The van der Waals surface area contributed by atoms with Crippen LogP contribution in [0.25, 0.3) is 5.57 Å². The van der Waals surface area contributed by atoms with Crippen LogP contribution in [-0.2, 0) is 37.3 Å². The van der Waals surface area contributed by atoms with Crippen LogP contribution in [0, 0.1) is 0 Å². The van der Waals surface area contributed by atoms with E-state index in [1.54, 1.807) is 7.05 Å². The maximum atomic E-state index is 14.2. The first-order chi connectivity index (χ1) is 21.4. The zero-order chi connectivity index (χ0) is 30.8. The zero-order valence-corrected chi connectivity index (χ0v) is 25.5. The molecule has 0 unspecified atom stereocenters. The number of β-lactam (4-membered cyclic amide) rings is 1. The largest absolute Gasteiger partial charge is 0.464 e. The summed E-state index contributed by atoms with van der Waals surface area (Å²) in [5.74, 6) is -1.71. The lowest BCUT2D eigenvalue weighted by Crippen LogP contribution is -2.70. The molecule has 1 saturated heterocycles. The zero-order valence-electron chi connectivity index (χ0n) is 23.8. The van der Waals surface area contributed by atoms with Crippen molar-refractivity contribution >= 4 is 52.4 Å². The molecule has 2 atom stereocenters. The van der Waals surface area contributed by atoms with E-state index in [0.29, 0.717) is 11.3 Å². The predicted octanol–water partition coefficient (Wildman–Crippen LogP) is 3.95. The third-order valence-corrected chi connectivity index (χ3v) is 9.56. The quantitative estimate of drug-likeness (QED) is 0.219. The van der Waals surface area contributed by atoms with Crippen LogP contribution in [-0.4, -0.2) is 62.7 Å². The molecule has 0 spiro atoms. The molecule has 0 saturated carbocycles. The summed E-state index contributed by atoms with van der Waals surface area (Å²) in [5, 5.41) is 8.70. The Balaban J connectivity index is 1.35. The van der Waals surface area contributed by atoms with Crippen LogP contribution in [0.4, 0.5) is 0 Å². The van der Waals surface area contributed by atoms with Crippen molar-refractivity contribution in [3.63, 3.8) is 0 Å². The van der Waals surface area contributed by atoms with Gasteiger partial charge in [-0.3, -0.25) is 19.2 Å². The highest BCUT2D eigenvalue weighted by Crippen LogP contribution is 2.44. The summed E-state index contributed by atoms with van der Waals surface area (Å²) < 4.78 is 12.4. The Morgan fingerprint density at radius 2 is 1.68 bits per heavy atom. The fourth-order valence-corrected chi connectivity index (χ4v) is 7.32. The second-order valence-corrected chi connectivity index (χ2v) is 12.3. The molecule has 2 aromatic heterocycles. The Hall–Kier alpha value is -4.68. The molecule has 0 bridgehead atoms. The summed E-state index contributed by atoms with van der Waals surface area (Å²) in [6.45, 7) is 0. The summed E-state index contributed by atoms with van der Waals surface area (Å²) >= 11 is 2.87. The normalized spacial score (nSPS) is 17.6. The van der Waals surface area contributed by atoms with Crippen molar-refractivity contribution < 1.29 is 28.7 Å². The fraction of sp³-hybridized carbons (Fsp3) is 0.219. The van der Waals surface area contributed by atoms with E-state index >= 15 is 0 Å². The van der Waals surface area contributed by atoms with Crippen LogP contribution in [0.1, 0.15) is 38.3 Å². The molecule has 10 nitrogen and oxygen atoms in total. The van der Waals surface area contributed by atoms with Gasteiger partial charge in [-0.25, -0.2) is 9.59 Å². The molecule has 1 fully saturated rings. The van der Waals surface area contributed by atoms with E-state index in [9.17, 15) is 19.2 Å². The molecular weight excluding hydrogens is 601 g/mol. The van der Waals surface area contributed by atoms with E-state index in [4.69, 9.17) is 9.47 Å². The minimum Gasteiger partial charge on any atom is -0.464 e. The van der Waals surface area contributed by atoms with Crippen LogP contribution >= 0.6 is 23.1 Å². The number of methoxy groups -OCH3 is 1. The number of fused-ring (bicyclic) bond motifs is 1. The fourth-order valence-electron chi connectivity index (χ4n) is 5.26. The van der Waals surface area contributed by atoms with Crippen LogP contribution in [0.3, 0.4) is 0 Å². The lowest BCUT2D eigenvalue weighted by Gasteiger charge is -2.49.